The van der Waals surface area contributed by atoms with E-state index >= 15 is 0 Å². The van der Waals surface area contributed by atoms with Gasteiger partial charge in [-0.15, -0.1) is 0 Å². The predicted octanol–water partition coefficient (Wildman–Crippen LogP) is 4.03. The summed E-state index contributed by atoms with van der Waals surface area (Å²) in [4.78, 5) is 27.1. The molecule has 0 fully saturated rings. The van der Waals surface area contributed by atoms with Crippen molar-refractivity contribution in [2.24, 2.45) is 0 Å². The minimum atomic E-state index is -0.121. The van der Waals surface area contributed by atoms with Gasteiger partial charge in [-0.1, -0.05) is 36.0 Å². The van der Waals surface area contributed by atoms with Crippen molar-refractivity contribution in [3.8, 4) is 5.82 Å². The zero-order valence-electron chi connectivity index (χ0n) is 15.7. The zero-order chi connectivity index (χ0) is 19.8. The van der Waals surface area contributed by atoms with Crippen molar-refractivity contribution < 1.29 is 0 Å². The van der Waals surface area contributed by atoms with E-state index < -0.39 is 0 Å². The summed E-state index contributed by atoms with van der Waals surface area (Å²) in [5.41, 5.74) is 3.41. The molecule has 29 heavy (non-hydrogen) atoms. The van der Waals surface area contributed by atoms with E-state index in [1.54, 1.807) is 16.8 Å². The molecule has 0 saturated carbocycles. The van der Waals surface area contributed by atoms with E-state index in [1.165, 1.54) is 11.8 Å². The number of thioether (sulfide) groups is 1. The van der Waals surface area contributed by atoms with Crippen LogP contribution in [0, 0.1) is 6.92 Å². The van der Waals surface area contributed by atoms with Gasteiger partial charge in [0.1, 0.15) is 11.5 Å². The molecule has 5 aromatic rings. The average molecular weight is 399 g/mol. The largest absolute Gasteiger partial charge is 0.307 e. The van der Waals surface area contributed by atoms with Crippen molar-refractivity contribution in [3.63, 3.8) is 0 Å². The number of benzene rings is 1. The van der Waals surface area contributed by atoms with Gasteiger partial charge in [-0.3, -0.25) is 4.79 Å². The van der Waals surface area contributed by atoms with Crippen LogP contribution in [0.15, 0.2) is 83.1 Å². The maximum atomic E-state index is 13.2. The average Bonchev–Trinajstić information content (AvgIpc) is 3.16. The van der Waals surface area contributed by atoms with Gasteiger partial charge in [0, 0.05) is 24.3 Å². The van der Waals surface area contributed by atoms with E-state index in [-0.39, 0.29) is 5.56 Å². The molecule has 0 N–H and O–H groups in total. The number of nitrogens with zero attached hydrogens (tertiary/aromatic N) is 5. The molecule has 0 amide bonds. The number of aromatic nitrogens is 5. The van der Waals surface area contributed by atoms with Crippen LogP contribution < -0.4 is 5.56 Å². The van der Waals surface area contributed by atoms with Crippen LogP contribution in [0.4, 0.5) is 0 Å². The lowest BCUT2D eigenvalue weighted by molar-refractivity contribution is 0.794. The van der Waals surface area contributed by atoms with Crippen molar-refractivity contribution in [3.05, 3.63) is 94.8 Å². The van der Waals surface area contributed by atoms with Crippen molar-refractivity contribution >= 4 is 28.3 Å². The first-order valence-corrected chi connectivity index (χ1v) is 10.2. The van der Waals surface area contributed by atoms with Gasteiger partial charge in [0.25, 0.3) is 5.56 Å². The molecule has 0 aliphatic carbocycles. The molecule has 0 atom stereocenters. The van der Waals surface area contributed by atoms with Crippen LogP contribution in [0.5, 0.6) is 0 Å². The minimum Gasteiger partial charge on any atom is -0.307 e. The maximum absolute atomic E-state index is 13.2. The van der Waals surface area contributed by atoms with Crippen LogP contribution in [0.2, 0.25) is 0 Å². The highest BCUT2D eigenvalue weighted by Crippen LogP contribution is 2.24. The zero-order valence-corrected chi connectivity index (χ0v) is 16.5. The van der Waals surface area contributed by atoms with Crippen LogP contribution in [-0.2, 0) is 5.75 Å². The highest BCUT2D eigenvalue weighted by atomic mass is 32.2. The third-order valence-corrected chi connectivity index (χ3v) is 5.60. The van der Waals surface area contributed by atoms with Crippen molar-refractivity contribution in [2.45, 2.75) is 17.8 Å². The molecule has 0 aliphatic rings. The first-order chi connectivity index (χ1) is 14.2. The summed E-state index contributed by atoms with van der Waals surface area (Å²) in [7, 11) is 0. The summed E-state index contributed by atoms with van der Waals surface area (Å²) < 4.78 is 3.57. The summed E-state index contributed by atoms with van der Waals surface area (Å²) in [5.74, 6) is 1.16. The predicted molar refractivity (Wildman–Crippen MR) is 115 cm³/mol. The molecule has 4 aromatic heterocycles. The van der Waals surface area contributed by atoms with E-state index in [0.29, 0.717) is 27.6 Å². The van der Waals surface area contributed by atoms with Gasteiger partial charge >= 0.3 is 0 Å². The Bertz CT molecular complexity index is 1360. The van der Waals surface area contributed by atoms with Crippen LogP contribution in [0.3, 0.4) is 0 Å². The molecular formula is C22H17N5OS. The van der Waals surface area contributed by atoms with Crippen LogP contribution in [0.1, 0.15) is 11.3 Å². The number of pyridine rings is 2. The molecule has 6 nitrogen and oxygen atoms in total. The molecule has 1 aromatic carbocycles. The maximum Gasteiger partial charge on any atom is 0.267 e. The fraction of sp³-hybridized carbons (Fsp3) is 0.0909. The fourth-order valence-electron chi connectivity index (χ4n) is 3.20. The third-order valence-electron chi connectivity index (χ3n) is 4.63. The van der Waals surface area contributed by atoms with Gasteiger partial charge in [-0.25, -0.2) is 19.5 Å². The molecule has 0 unspecified atom stereocenters. The smallest absolute Gasteiger partial charge is 0.267 e. The number of fused-ring (bicyclic) bond motifs is 2. The number of aryl methyl sites for hydroxylation is 1. The Hall–Kier alpha value is -3.45. The second-order valence-corrected chi connectivity index (χ2v) is 7.68. The second kappa shape index (κ2) is 7.18. The lowest BCUT2D eigenvalue weighted by atomic mass is 10.2. The van der Waals surface area contributed by atoms with E-state index in [9.17, 15) is 4.79 Å². The summed E-state index contributed by atoms with van der Waals surface area (Å²) >= 11 is 1.48. The molecule has 0 radical (unpaired) electrons. The summed E-state index contributed by atoms with van der Waals surface area (Å²) in [5, 5.41) is 1.18. The fourth-order valence-corrected chi connectivity index (χ4v) is 4.08. The van der Waals surface area contributed by atoms with Gasteiger partial charge in [-0.2, -0.15) is 0 Å². The third kappa shape index (κ3) is 3.30. The number of imidazole rings is 1. The molecule has 0 bridgehead atoms. The Morgan fingerprint density at radius 1 is 1.00 bits per heavy atom. The molecule has 4 heterocycles. The lowest BCUT2D eigenvalue weighted by Crippen LogP contribution is -2.22. The Morgan fingerprint density at radius 2 is 1.86 bits per heavy atom. The molecule has 0 aliphatic heterocycles. The number of hydrogen-bond acceptors (Lipinski definition) is 5. The standard InChI is InChI=1S/C22H17N5OS/c1-15-9-10-19(23-12-15)27-21(28)17-6-2-3-7-18(17)25-22(27)29-14-16-13-26-11-5-4-8-20(26)24-16/h2-13H,14H2,1H3. The first-order valence-electron chi connectivity index (χ1n) is 9.19. The van der Waals surface area contributed by atoms with Gasteiger partial charge in [0.2, 0.25) is 0 Å². The highest BCUT2D eigenvalue weighted by Gasteiger charge is 2.15. The quantitative estimate of drug-likeness (QED) is 0.337. The van der Waals surface area contributed by atoms with Gasteiger partial charge in [0.05, 0.1) is 16.6 Å². The molecule has 5 rings (SSSR count). The second-order valence-electron chi connectivity index (χ2n) is 6.73. The highest BCUT2D eigenvalue weighted by molar-refractivity contribution is 7.98. The number of hydrogen-bond donors (Lipinski definition) is 0. The Morgan fingerprint density at radius 3 is 2.69 bits per heavy atom. The van der Waals surface area contributed by atoms with E-state index in [1.807, 2.05) is 72.2 Å². The number of rotatable bonds is 4. The minimum absolute atomic E-state index is 0.121. The summed E-state index contributed by atoms with van der Waals surface area (Å²) in [6.07, 6.45) is 5.72. The van der Waals surface area contributed by atoms with Gasteiger partial charge < -0.3 is 4.40 Å². The van der Waals surface area contributed by atoms with Gasteiger partial charge in [-0.05, 0) is 42.8 Å². The molecule has 7 heteroatoms. The van der Waals surface area contributed by atoms with Crippen molar-refractivity contribution in [1.29, 1.82) is 0 Å². The first kappa shape index (κ1) is 17.6. The lowest BCUT2D eigenvalue weighted by Gasteiger charge is -2.12. The number of para-hydroxylation sites is 1. The molecular weight excluding hydrogens is 382 g/mol. The Kier molecular flexibility index (Phi) is 4.37. The monoisotopic (exact) mass is 399 g/mol. The molecule has 0 spiro atoms. The van der Waals surface area contributed by atoms with Gasteiger partial charge in [0.15, 0.2) is 5.16 Å². The molecule has 142 valence electrons. The summed E-state index contributed by atoms with van der Waals surface area (Å²) in [6.45, 7) is 1.97. The van der Waals surface area contributed by atoms with E-state index in [0.717, 1.165) is 16.9 Å². The van der Waals surface area contributed by atoms with Crippen LogP contribution in [0.25, 0.3) is 22.4 Å². The normalized spacial score (nSPS) is 11.3. The van der Waals surface area contributed by atoms with Crippen molar-refractivity contribution in [2.75, 3.05) is 0 Å². The topological polar surface area (TPSA) is 65.1 Å². The van der Waals surface area contributed by atoms with Crippen molar-refractivity contribution in [1.82, 2.24) is 23.9 Å². The Labute approximate surface area is 170 Å². The SMILES string of the molecule is Cc1ccc(-n2c(SCc3cn4ccccc4n3)nc3ccccc3c2=O)nc1. The van der Waals surface area contributed by atoms with Crippen LogP contribution >= 0.6 is 11.8 Å². The summed E-state index contributed by atoms with van der Waals surface area (Å²) in [6, 6.07) is 17.1. The van der Waals surface area contributed by atoms with E-state index in [2.05, 4.69) is 9.97 Å². The molecule has 0 saturated heterocycles. The van der Waals surface area contributed by atoms with Crippen LogP contribution in [-0.4, -0.2) is 23.9 Å². The Balaban J connectivity index is 1.60. The van der Waals surface area contributed by atoms with E-state index in [4.69, 9.17) is 4.98 Å².